The van der Waals surface area contributed by atoms with Gasteiger partial charge in [-0.2, -0.15) is 0 Å². The molecule has 2 saturated heterocycles. The van der Waals surface area contributed by atoms with E-state index in [1.807, 2.05) is 6.92 Å². The summed E-state index contributed by atoms with van der Waals surface area (Å²) in [5.41, 5.74) is 0.647. The first-order valence-corrected chi connectivity index (χ1v) is 9.39. The third kappa shape index (κ3) is 2.41. The van der Waals surface area contributed by atoms with Crippen LogP contribution in [-0.4, -0.2) is 72.6 Å². The molecule has 3 aliphatic rings. The highest BCUT2D eigenvalue weighted by Gasteiger charge is 2.64. The summed E-state index contributed by atoms with van der Waals surface area (Å²) < 4.78 is 0.739. The molecule has 0 unspecified atom stereocenters. The first-order chi connectivity index (χ1) is 11.9. The van der Waals surface area contributed by atoms with Crippen LogP contribution in [0.4, 0.5) is 4.79 Å². The second-order valence-electron chi connectivity index (χ2n) is 6.18. The molecule has 3 atom stereocenters. The second kappa shape index (κ2) is 5.70. The number of carboxylic acids is 1. The van der Waals surface area contributed by atoms with Gasteiger partial charge in [-0.15, -0.1) is 10.2 Å². The number of likely N-dealkylation sites (tertiary alicyclic amines) is 1. The fourth-order valence-corrected chi connectivity index (χ4v) is 5.69. The van der Waals surface area contributed by atoms with Gasteiger partial charge in [0.15, 0.2) is 4.34 Å². The van der Waals surface area contributed by atoms with Crippen LogP contribution in [-0.2, 0) is 9.59 Å². The van der Waals surface area contributed by atoms with Gasteiger partial charge in [0.25, 0.3) is 5.91 Å². The second-order valence-corrected chi connectivity index (χ2v) is 8.58. The summed E-state index contributed by atoms with van der Waals surface area (Å²) in [5.74, 6) is -1.26. The monoisotopic (exact) mass is 382 g/mol. The SMILES string of the molecule is Cc1nnc(SCC2=C(C(=O)O)N3C(=O)[C@@H]4[C@H]3[C@H](C2)CN4C(=O)O)s1. The number of nitrogens with zero attached hydrogens (tertiary/aromatic N) is 4. The number of aromatic nitrogens is 2. The lowest BCUT2D eigenvalue weighted by Crippen LogP contribution is -2.69. The Bertz CT molecular complexity index is 822. The van der Waals surface area contributed by atoms with Crippen molar-refractivity contribution in [1.29, 1.82) is 0 Å². The Morgan fingerprint density at radius 2 is 2.12 bits per heavy atom. The van der Waals surface area contributed by atoms with E-state index in [-0.39, 0.29) is 24.2 Å². The summed E-state index contributed by atoms with van der Waals surface area (Å²) in [7, 11) is 0. The minimum atomic E-state index is -1.15. The largest absolute Gasteiger partial charge is 0.477 e. The van der Waals surface area contributed by atoms with E-state index in [1.165, 1.54) is 28.0 Å². The lowest BCUT2D eigenvalue weighted by molar-refractivity contribution is -0.156. The Hall–Kier alpha value is -2.14. The van der Waals surface area contributed by atoms with E-state index in [2.05, 4.69) is 10.2 Å². The number of thioether (sulfide) groups is 1. The van der Waals surface area contributed by atoms with Gasteiger partial charge in [0.2, 0.25) is 0 Å². The zero-order valence-corrected chi connectivity index (χ0v) is 14.7. The van der Waals surface area contributed by atoms with Gasteiger partial charge in [0, 0.05) is 18.2 Å². The molecule has 2 amide bonds. The number of β-lactam (4-membered cyclic amide) rings is 1. The number of aliphatic carboxylic acids is 1. The fourth-order valence-electron chi connectivity index (χ4n) is 3.85. The van der Waals surface area contributed by atoms with Crippen molar-refractivity contribution in [3.63, 3.8) is 0 Å². The van der Waals surface area contributed by atoms with E-state index >= 15 is 0 Å². The molecule has 25 heavy (non-hydrogen) atoms. The molecule has 0 bridgehead atoms. The molecule has 0 saturated carbocycles. The molecule has 3 aliphatic heterocycles. The Balaban J connectivity index is 1.62. The van der Waals surface area contributed by atoms with Gasteiger partial charge in [0.1, 0.15) is 16.7 Å². The number of carboxylic acid groups (broad SMARTS) is 2. The third-order valence-electron chi connectivity index (χ3n) is 4.77. The molecule has 0 radical (unpaired) electrons. The lowest BCUT2D eigenvalue weighted by Gasteiger charge is -2.49. The molecule has 9 nitrogen and oxygen atoms in total. The van der Waals surface area contributed by atoms with Crippen LogP contribution < -0.4 is 0 Å². The van der Waals surface area contributed by atoms with E-state index in [0.29, 0.717) is 17.7 Å². The highest BCUT2D eigenvalue weighted by Crippen LogP contribution is 2.47. The maximum Gasteiger partial charge on any atom is 0.408 e. The third-order valence-corrected chi connectivity index (χ3v) is 6.83. The van der Waals surface area contributed by atoms with Crippen molar-refractivity contribution in [2.75, 3.05) is 12.3 Å². The fraction of sp³-hybridized carbons (Fsp3) is 0.500. The molecule has 1 aromatic rings. The van der Waals surface area contributed by atoms with Gasteiger partial charge in [-0.3, -0.25) is 14.6 Å². The van der Waals surface area contributed by atoms with E-state index in [9.17, 15) is 24.6 Å². The molecule has 2 N–H and O–H groups in total. The summed E-state index contributed by atoms with van der Waals surface area (Å²) in [6.07, 6.45) is -0.661. The average Bonchev–Trinajstić information content (AvgIpc) is 3.12. The topological polar surface area (TPSA) is 124 Å². The highest BCUT2D eigenvalue weighted by atomic mass is 32.2. The molecule has 11 heteroatoms. The number of rotatable bonds is 4. The summed E-state index contributed by atoms with van der Waals surface area (Å²) in [4.78, 5) is 37.9. The van der Waals surface area contributed by atoms with Crippen LogP contribution in [0.5, 0.6) is 0 Å². The van der Waals surface area contributed by atoms with Crippen molar-refractivity contribution in [3.05, 3.63) is 16.3 Å². The van der Waals surface area contributed by atoms with Gasteiger partial charge in [-0.1, -0.05) is 23.1 Å². The van der Waals surface area contributed by atoms with E-state index in [0.717, 1.165) is 14.2 Å². The molecule has 4 rings (SSSR count). The molecule has 0 aliphatic carbocycles. The van der Waals surface area contributed by atoms with Crippen LogP contribution in [0.1, 0.15) is 11.4 Å². The van der Waals surface area contributed by atoms with Crippen LogP contribution in [0.25, 0.3) is 0 Å². The van der Waals surface area contributed by atoms with Crippen molar-refractivity contribution in [1.82, 2.24) is 20.0 Å². The standard InChI is InChI=1S/C14H14N4O5S2/c1-5-15-16-13(25-5)24-4-7-2-6-3-17(14(22)23)10-8(6)18(11(10)19)9(7)12(20)21/h6,8,10H,2-4H2,1H3,(H,20,21)(H,22,23)/t6-,8-,10+/m1/s1. The van der Waals surface area contributed by atoms with Crippen molar-refractivity contribution < 1.29 is 24.6 Å². The van der Waals surface area contributed by atoms with Crippen LogP contribution in [0.2, 0.25) is 0 Å². The zero-order valence-electron chi connectivity index (χ0n) is 13.1. The smallest absolute Gasteiger partial charge is 0.408 e. The molecule has 4 heterocycles. The van der Waals surface area contributed by atoms with Crippen molar-refractivity contribution >= 4 is 41.1 Å². The molecule has 2 fully saturated rings. The Labute approximate surface area is 150 Å². The Kier molecular flexibility index (Phi) is 3.72. The number of hydrogen-bond donors (Lipinski definition) is 2. The van der Waals surface area contributed by atoms with Crippen molar-refractivity contribution in [2.45, 2.75) is 29.8 Å². The van der Waals surface area contributed by atoms with E-state index in [1.54, 1.807) is 0 Å². The van der Waals surface area contributed by atoms with Gasteiger partial charge >= 0.3 is 12.1 Å². The number of aryl methyl sites for hydroxylation is 1. The van der Waals surface area contributed by atoms with Crippen LogP contribution in [0, 0.1) is 12.8 Å². The normalized spacial score (nSPS) is 27.4. The summed E-state index contributed by atoms with van der Waals surface area (Å²) in [6, 6.07) is -1.09. The number of hydrogen-bond acceptors (Lipinski definition) is 7. The lowest BCUT2D eigenvalue weighted by atomic mass is 9.79. The number of carbonyl (C=O) groups is 3. The average molecular weight is 382 g/mol. The van der Waals surface area contributed by atoms with Crippen molar-refractivity contribution in [2.24, 2.45) is 5.92 Å². The predicted molar refractivity (Wildman–Crippen MR) is 87.3 cm³/mol. The minimum Gasteiger partial charge on any atom is -0.477 e. The van der Waals surface area contributed by atoms with Crippen LogP contribution >= 0.6 is 23.1 Å². The van der Waals surface area contributed by atoms with Gasteiger partial charge in [0.05, 0.1) is 6.04 Å². The zero-order chi connectivity index (χ0) is 17.9. The summed E-state index contributed by atoms with van der Waals surface area (Å²) in [5, 5.41) is 27.6. The maximum atomic E-state index is 12.4. The quantitative estimate of drug-likeness (QED) is 0.581. The first kappa shape index (κ1) is 16.3. The molecular weight excluding hydrogens is 368 g/mol. The van der Waals surface area contributed by atoms with E-state index < -0.39 is 24.0 Å². The van der Waals surface area contributed by atoms with Crippen molar-refractivity contribution in [3.8, 4) is 0 Å². The molecular formula is C14H14N4O5S2. The van der Waals surface area contributed by atoms with Crippen LogP contribution in [0.3, 0.4) is 0 Å². The van der Waals surface area contributed by atoms with Gasteiger partial charge in [-0.05, 0) is 18.9 Å². The molecule has 1 aromatic heterocycles. The number of carbonyl (C=O) groups excluding carboxylic acids is 1. The Morgan fingerprint density at radius 1 is 1.36 bits per heavy atom. The molecule has 0 spiro atoms. The summed E-state index contributed by atoms with van der Waals surface area (Å²) in [6.45, 7) is 2.10. The van der Waals surface area contributed by atoms with Crippen LogP contribution in [0.15, 0.2) is 15.6 Å². The van der Waals surface area contributed by atoms with Gasteiger partial charge < -0.3 is 10.2 Å². The predicted octanol–water partition coefficient (Wildman–Crippen LogP) is 0.870. The van der Waals surface area contributed by atoms with Gasteiger partial charge in [-0.25, -0.2) is 9.59 Å². The first-order valence-electron chi connectivity index (χ1n) is 7.59. The highest BCUT2D eigenvalue weighted by molar-refractivity contribution is 8.01. The van der Waals surface area contributed by atoms with E-state index in [4.69, 9.17) is 0 Å². The maximum absolute atomic E-state index is 12.4. The Morgan fingerprint density at radius 3 is 2.72 bits per heavy atom. The minimum absolute atomic E-state index is 0.00322. The number of amides is 2. The molecule has 0 aromatic carbocycles. The molecule has 132 valence electrons. The summed E-state index contributed by atoms with van der Waals surface area (Å²) >= 11 is 2.81.